The van der Waals surface area contributed by atoms with Crippen molar-refractivity contribution in [2.45, 2.75) is 50.3 Å². The van der Waals surface area contributed by atoms with E-state index in [0.29, 0.717) is 5.82 Å². The molecule has 0 aliphatic heterocycles. The smallest absolute Gasteiger partial charge is 0.232 e. The van der Waals surface area contributed by atoms with Gasteiger partial charge in [0.15, 0.2) is 5.82 Å². The molecule has 4 heteroatoms. The number of rotatable bonds is 2. The van der Waals surface area contributed by atoms with E-state index in [1.54, 1.807) is 0 Å². The molecule has 1 aromatic heterocycles. The third-order valence-corrected chi connectivity index (χ3v) is 3.22. The Bertz CT molecular complexity index is 316. The fourth-order valence-corrected chi connectivity index (χ4v) is 2.10. The summed E-state index contributed by atoms with van der Waals surface area (Å²) in [4.78, 5) is 4.35. The lowest BCUT2D eigenvalue weighted by Crippen LogP contribution is -2.17. The van der Waals surface area contributed by atoms with Gasteiger partial charge in [0.2, 0.25) is 5.89 Å². The first-order chi connectivity index (χ1) is 6.62. The van der Waals surface area contributed by atoms with Gasteiger partial charge >= 0.3 is 0 Å². The number of alkyl halides is 1. The van der Waals surface area contributed by atoms with Crippen LogP contribution in [0.1, 0.15) is 56.6 Å². The van der Waals surface area contributed by atoms with Crippen molar-refractivity contribution in [2.75, 3.05) is 0 Å². The highest BCUT2D eigenvalue weighted by Crippen LogP contribution is 2.39. The third kappa shape index (κ3) is 1.65. The molecule has 0 saturated heterocycles. The molecule has 0 N–H and O–H groups in total. The third-order valence-electron chi connectivity index (χ3n) is 3.02. The van der Waals surface area contributed by atoms with Crippen molar-refractivity contribution in [3.05, 3.63) is 11.7 Å². The molecule has 1 aromatic rings. The summed E-state index contributed by atoms with van der Waals surface area (Å²) in [6, 6.07) is 0. The van der Waals surface area contributed by atoms with Gasteiger partial charge in [0.25, 0.3) is 0 Å². The minimum Gasteiger partial charge on any atom is -0.339 e. The van der Waals surface area contributed by atoms with Crippen molar-refractivity contribution in [2.24, 2.45) is 0 Å². The molecule has 1 saturated carbocycles. The van der Waals surface area contributed by atoms with Crippen LogP contribution in [-0.2, 0) is 5.41 Å². The van der Waals surface area contributed by atoms with Gasteiger partial charge in [-0.05, 0) is 19.8 Å². The van der Waals surface area contributed by atoms with E-state index < -0.39 is 0 Å². The Hall–Kier alpha value is -0.570. The Labute approximate surface area is 88.8 Å². The monoisotopic (exact) mass is 214 g/mol. The lowest BCUT2D eigenvalue weighted by atomic mass is 9.89. The Morgan fingerprint density at radius 1 is 1.43 bits per heavy atom. The van der Waals surface area contributed by atoms with Crippen LogP contribution in [0.4, 0.5) is 0 Å². The van der Waals surface area contributed by atoms with E-state index in [2.05, 4.69) is 17.1 Å². The fourth-order valence-electron chi connectivity index (χ4n) is 2.01. The topological polar surface area (TPSA) is 38.9 Å². The highest BCUT2D eigenvalue weighted by Gasteiger charge is 2.36. The van der Waals surface area contributed by atoms with E-state index in [4.69, 9.17) is 16.1 Å². The molecule has 1 atom stereocenters. The second kappa shape index (κ2) is 3.54. The molecule has 0 amide bonds. The summed E-state index contributed by atoms with van der Waals surface area (Å²) in [6.07, 6.45) is 4.80. The molecule has 2 rings (SSSR count). The van der Waals surface area contributed by atoms with Crippen LogP contribution in [0.5, 0.6) is 0 Å². The van der Waals surface area contributed by atoms with Gasteiger partial charge in [0.05, 0.1) is 5.38 Å². The zero-order valence-corrected chi connectivity index (χ0v) is 9.34. The number of halogens is 1. The molecule has 0 spiro atoms. The maximum Gasteiger partial charge on any atom is 0.232 e. The lowest BCUT2D eigenvalue weighted by Gasteiger charge is -2.16. The first-order valence-electron chi connectivity index (χ1n) is 5.10. The van der Waals surface area contributed by atoms with Crippen molar-refractivity contribution in [1.82, 2.24) is 10.1 Å². The van der Waals surface area contributed by atoms with E-state index >= 15 is 0 Å². The standard InChI is InChI=1S/C10H15ClN2O/c1-7(11)8-12-9(14-13-8)10(2)5-3-4-6-10/h7H,3-6H2,1-2H3. The second-order valence-corrected chi connectivity index (χ2v) is 5.00. The largest absolute Gasteiger partial charge is 0.339 e. The van der Waals surface area contributed by atoms with Crippen LogP contribution in [0, 0.1) is 0 Å². The highest BCUT2D eigenvalue weighted by molar-refractivity contribution is 6.20. The molecule has 14 heavy (non-hydrogen) atoms. The molecular formula is C10H15ClN2O. The van der Waals surface area contributed by atoms with E-state index in [1.807, 2.05) is 6.92 Å². The van der Waals surface area contributed by atoms with Crippen molar-refractivity contribution < 1.29 is 4.52 Å². The first-order valence-corrected chi connectivity index (χ1v) is 5.54. The van der Waals surface area contributed by atoms with Gasteiger partial charge in [-0.3, -0.25) is 0 Å². The summed E-state index contributed by atoms with van der Waals surface area (Å²) >= 11 is 5.88. The number of aromatic nitrogens is 2. The zero-order valence-electron chi connectivity index (χ0n) is 8.59. The van der Waals surface area contributed by atoms with E-state index in [0.717, 1.165) is 18.7 Å². The molecule has 3 nitrogen and oxygen atoms in total. The van der Waals surface area contributed by atoms with E-state index in [9.17, 15) is 0 Å². The average Bonchev–Trinajstić information content (AvgIpc) is 2.71. The molecular weight excluding hydrogens is 200 g/mol. The maximum absolute atomic E-state index is 5.88. The normalized spacial score (nSPS) is 22.5. The summed E-state index contributed by atoms with van der Waals surface area (Å²) in [5, 5.41) is 3.72. The van der Waals surface area contributed by atoms with Crippen molar-refractivity contribution >= 4 is 11.6 Å². The molecule has 0 bridgehead atoms. The van der Waals surface area contributed by atoms with Crippen LogP contribution >= 0.6 is 11.6 Å². The van der Waals surface area contributed by atoms with Crippen LogP contribution < -0.4 is 0 Å². The van der Waals surface area contributed by atoms with Crippen molar-refractivity contribution in [3.8, 4) is 0 Å². The lowest BCUT2D eigenvalue weighted by molar-refractivity contribution is 0.294. The van der Waals surface area contributed by atoms with Crippen LogP contribution in [-0.4, -0.2) is 10.1 Å². The van der Waals surface area contributed by atoms with Crippen molar-refractivity contribution in [3.63, 3.8) is 0 Å². The van der Waals surface area contributed by atoms with Crippen LogP contribution in [0.25, 0.3) is 0 Å². The maximum atomic E-state index is 5.88. The summed E-state index contributed by atoms with van der Waals surface area (Å²) in [5.74, 6) is 1.37. The molecule has 1 unspecified atom stereocenters. The quantitative estimate of drug-likeness (QED) is 0.710. The minimum atomic E-state index is -0.169. The second-order valence-electron chi connectivity index (χ2n) is 4.34. The summed E-state index contributed by atoms with van der Waals surface area (Å²) in [5.41, 5.74) is 0.0943. The number of hydrogen-bond acceptors (Lipinski definition) is 3. The number of hydrogen-bond donors (Lipinski definition) is 0. The molecule has 1 heterocycles. The molecule has 0 radical (unpaired) electrons. The predicted octanol–water partition coefficient (Wildman–Crippen LogP) is 3.20. The van der Waals surface area contributed by atoms with Gasteiger partial charge in [-0.1, -0.05) is 24.9 Å². The Kier molecular flexibility index (Phi) is 2.52. The first kappa shape index (κ1) is 9.97. The minimum absolute atomic E-state index is 0.0943. The van der Waals surface area contributed by atoms with Gasteiger partial charge in [0.1, 0.15) is 0 Å². The molecule has 1 fully saturated rings. The van der Waals surface area contributed by atoms with Crippen LogP contribution in [0.2, 0.25) is 0 Å². The van der Waals surface area contributed by atoms with Gasteiger partial charge in [0, 0.05) is 5.41 Å². The number of nitrogens with zero attached hydrogens (tertiary/aromatic N) is 2. The van der Waals surface area contributed by atoms with Gasteiger partial charge in [-0.2, -0.15) is 4.98 Å². The Balaban J connectivity index is 2.23. The highest BCUT2D eigenvalue weighted by atomic mass is 35.5. The van der Waals surface area contributed by atoms with Gasteiger partial charge < -0.3 is 4.52 Å². The Morgan fingerprint density at radius 2 is 2.07 bits per heavy atom. The SMILES string of the molecule is CC(Cl)c1noc(C2(C)CCCC2)n1. The fraction of sp³-hybridized carbons (Fsp3) is 0.800. The zero-order chi connectivity index (χ0) is 10.2. The summed E-state index contributed by atoms with van der Waals surface area (Å²) < 4.78 is 5.27. The molecule has 1 aliphatic rings. The summed E-state index contributed by atoms with van der Waals surface area (Å²) in [7, 11) is 0. The van der Waals surface area contributed by atoms with E-state index in [1.165, 1.54) is 12.8 Å². The average molecular weight is 215 g/mol. The van der Waals surface area contributed by atoms with Crippen LogP contribution in [0.3, 0.4) is 0 Å². The molecule has 0 aromatic carbocycles. The van der Waals surface area contributed by atoms with Gasteiger partial charge in [-0.15, -0.1) is 11.6 Å². The summed E-state index contributed by atoms with van der Waals surface area (Å²) in [6.45, 7) is 4.05. The molecule has 1 aliphatic carbocycles. The Morgan fingerprint density at radius 3 is 2.57 bits per heavy atom. The predicted molar refractivity (Wildman–Crippen MR) is 54.4 cm³/mol. The van der Waals surface area contributed by atoms with Crippen LogP contribution in [0.15, 0.2) is 4.52 Å². The van der Waals surface area contributed by atoms with E-state index in [-0.39, 0.29) is 10.8 Å². The molecule has 78 valence electrons. The van der Waals surface area contributed by atoms with Gasteiger partial charge in [-0.25, -0.2) is 0 Å². The van der Waals surface area contributed by atoms with Crippen molar-refractivity contribution in [1.29, 1.82) is 0 Å².